The zero-order valence-electron chi connectivity index (χ0n) is 15.9. The second-order valence-corrected chi connectivity index (χ2v) is 8.75. The zero-order chi connectivity index (χ0) is 20.0. The minimum atomic E-state index is -0.0463. The predicted molar refractivity (Wildman–Crippen MR) is 112 cm³/mol. The van der Waals surface area contributed by atoms with Gasteiger partial charge in [0, 0.05) is 36.7 Å². The number of carbonyl (C=O) groups is 2. The van der Waals surface area contributed by atoms with Gasteiger partial charge in [-0.3, -0.25) is 14.7 Å². The van der Waals surface area contributed by atoms with Crippen molar-refractivity contribution in [1.82, 2.24) is 25.0 Å². The first-order chi connectivity index (χ1) is 14.1. The summed E-state index contributed by atoms with van der Waals surface area (Å²) in [5.74, 6) is 0.413. The number of aromatic nitrogens is 3. The van der Waals surface area contributed by atoms with Crippen molar-refractivity contribution in [1.29, 1.82) is 0 Å². The molecule has 2 atom stereocenters. The highest BCUT2D eigenvalue weighted by atomic mass is 79.9. The lowest BCUT2D eigenvalue weighted by Gasteiger charge is -2.36. The van der Waals surface area contributed by atoms with Crippen molar-refractivity contribution in [3.63, 3.8) is 0 Å². The Morgan fingerprint density at radius 3 is 2.93 bits per heavy atom. The van der Waals surface area contributed by atoms with Crippen molar-refractivity contribution in [3.8, 4) is 0 Å². The van der Waals surface area contributed by atoms with Crippen LogP contribution in [0.1, 0.15) is 28.9 Å². The Labute approximate surface area is 176 Å². The van der Waals surface area contributed by atoms with Gasteiger partial charge in [0.05, 0.1) is 23.1 Å². The summed E-state index contributed by atoms with van der Waals surface area (Å²) in [5, 5.41) is 7.83. The van der Waals surface area contributed by atoms with E-state index in [1.54, 1.807) is 6.20 Å². The van der Waals surface area contributed by atoms with Crippen molar-refractivity contribution >= 4 is 38.6 Å². The average Bonchev–Trinajstić information content (AvgIpc) is 3.45. The van der Waals surface area contributed by atoms with Crippen LogP contribution in [-0.4, -0.2) is 62.5 Å². The largest absolute Gasteiger partial charge is 0.361 e. The van der Waals surface area contributed by atoms with Gasteiger partial charge >= 0.3 is 0 Å². The molecule has 0 bridgehead atoms. The van der Waals surface area contributed by atoms with Crippen molar-refractivity contribution in [2.75, 3.05) is 19.6 Å². The molecule has 8 heteroatoms. The summed E-state index contributed by atoms with van der Waals surface area (Å²) in [6, 6.07) is 8.11. The van der Waals surface area contributed by atoms with Crippen LogP contribution in [0, 0.1) is 5.92 Å². The first-order valence-electron chi connectivity index (χ1n) is 9.94. The summed E-state index contributed by atoms with van der Waals surface area (Å²) in [6.45, 7) is 2.04. The molecule has 2 N–H and O–H groups in total. The van der Waals surface area contributed by atoms with Crippen LogP contribution >= 0.6 is 15.9 Å². The van der Waals surface area contributed by atoms with E-state index in [9.17, 15) is 9.59 Å². The highest BCUT2D eigenvalue weighted by molar-refractivity contribution is 9.10. The topological polar surface area (TPSA) is 85.1 Å². The van der Waals surface area contributed by atoms with Crippen molar-refractivity contribution in [2.45, 2.75) is 25.3 Å². The molecule has 5 rings (SSSR count). The van der Waals surface area contributed by atoms with Gasteiger partial charge in [0.1, 0.15) is 5.69 Å². The van der Waals surface area contributed by atoms with Gasteiger partial charge in [0.2, 0.25) is 5.91 Å². The van der Waals surface area contributed by atoms with Gasteiger partial charge < -0.3 is 14.8 Å². The van der Waals surface area contributed by atoms with E-state index in [2.05, 4.69) is 31.1 Å². The molecule has 4 heterocycles. The molecule has 0 aliphatic carbocycles. The number of likely N-dealkylation sites (tertiary alicyclic amines) is 2. The molecule has 2 aliphatic heterocycles. The first kappa shape index (κ1) is 18.4. The lowest BCUT2D eigenvalue weighted by Crippen LogP contribution is -2.48. The standard InChI is InChI=1S/C21H22BrN5O2/c22-16-10-24-25-20(16)21(29)27-7-3-4-13-11-26(12-18(13)27)19(28)8-14-9-23-17-6-2-1-5-15(14)17/h1-2,5-6,9-10,13,18,23H,3-4,7-8,11-12H2,(H,24,25)/t13-,18+/m0/s1. The van der Waals surface area contributed by atoms with E-state index in [0.29, 0.717) is 29.1 Å². The number of para-hydroxylation sites is 1. The predicted octanol–water partition coefficient (Wildman–Crippen LogP) is 2.96. The van der Waals surface area contributed by atoms with Gasteiger partial charge in [0.15, 0.2) is 0 Å². The van der Waals surface area contributed by atoms with Gasteiger partial charge in [-0.2, -0.15) is 5.10 Å². The van der Waals surface area contributed by atoms with E-state index >= 15 is 0 Å². The maximum Gasteiger partial charge on any atom is 0.273 e. The molecule has 2 aliphatic rings. The van der Waals surface area contributed by atoms with E-state index in [4.69, 9.17) is 0 Å². The molecule has 150 valence electrons. The normalized spacial score (nSPS) is 21.6. The third kappa shape index (κ3) is 3.25. The molecular weight excluding hydrogens is 434 g/mol. The Morgan fingerprint density at radius 2 is 2.10 bits per heavy atom. The fourth-order valence-electron chi connectivity index (χ4n) is 4.75. The number of piperidine rings is 1. The third-order valence-electron chi connectivity index (χ3n) is 6.22. The lowest BCUT2D eigenvalue weighted by molar-refractivity contribution is -0.129. The number of carbonyl (C=O) groups excluding carboxylic acids is 2. The molecule has 3 aromatic rings. The molecule has 2 aromatic heterocycles. The van der Waals surface area contributed by atoms with E-state index in [-0.39, 0.29) is 17.9 Å². The highest BCUT2D eigenvalue weighted by Crippen LogP contribution is 2.33. The number of benzene rings is 1. The van der Waals surface area contributed by atoms with Crippen LogP contribution in [0.2, 0.25) is 0 Å². The quantitative estimate of drug-likeness (QED) is 0.636. The van der Waals surface area contributed by atoms with Gasteiger partial charge in [0.25, 0.3) is 5.91 Å². The molecular formula is C21H22BrN5O2. The Balaban J connectivity index is 1.32. The van der Waals surface area contributed by atoms with Gasteiger partial charge in [-0.1, -0.05) is 18.2 Å². The van der Waals surface area contributed by atoms with Gasteiger partial charge in [-0.15, -0.1) is 0 Å². The van der Waals surface area contributed by atoms with Crippen LogP contribution in [-0.2, 0) is 11.2 Å². The zero-order valence-corrected chi connectivity index (χ0v) is 17.5. The summed E-state index contributed by atoms with van der Waals surface area (Å²) in [5.41, 5.74) is 2.55. The van der Waals surface area contributed by atoms with Crippen LogP contribution in [0.5, 0.6) is 0 Å². The smallest absolute Gasteiger partial charge is 0.273 e. The minimum Gasteiger partial charge on any atom is -0.361 e. The maximum absolute atomic E-state index is 13.0. The number of aromatic amines is 2. The number of hydrogen-bond donors (Lipinski definition) is 2. The Kier molecular flexibility index (Phi) is 4.66. The number of nitrogens with zero attached hydrogens (tertiary/aromatic N) is 3. The van der Waals surface area contributed by atoms with Crippen molar-refractivity contribution < 1.29 is 9.59 Å². The first-order valence-corrected chi connectivity index (χ1v) is 10.7. The van der Waals surface area contributed by atoms with Gasteiger partial charge in [-0.25, -0.2) is 0 Å². The second-order valence-electron chi connectivity index (χ2n) is 7.90. The number of halogens is 1. The van der Waals surface area contributed by atoms with Crippen molar-refractivity contribution in [3.05, 3.63) is 52.4 Å². The van der Waals surface area contributed by atoms with Crippen LogP contribution in [0.15, 0.2) is 41.1 Å². The molecule has 0 saturated carbocycles. The molecule has 2 amide bonds. The molecule has 0 radical (unpaired) electrons. The van der Waals surface area contributed by atoms with E-state index in [0.717, 1.165) is 42.4 Å². The summed E-state index contributed by atoms with van der Waals surface area (Å²) < 4.78 is 0.676. The molecule has 1 aromatic carbocycles. The SMILES string of the molecule is O=C(Cc1c[nH]c2ccccc12)N1C[C@@H]2CCCN(C(=O)c3[nH]ncc3Br)[C@@H]2C1. The van der Waals surface area contributed by atoms with E-state index < -0.39 is 0 Å². The van der Waals surface area contributed by atoms with Crippen LogP contribution < -0.4 is 0 Å². The fraction of sp³-hybridized carbons (Fsp3) is 0.381. The second kappa shape index (κ2) is 7.33. The number of fused-ring (bicyclic) bond motifs is 2. The minimum absolute atomic E-state index is 0.0463. The van der Waals surface area contributed by atoms with E-state index in [1.165, 1.54) is 0 Å². The molecule has 2 fully saturated rings. The highest BCUT2D eigenvalue weighted by Gasteiger charge is 2.43. The summed E-state index contributed by atoms with van der Waals surface area (Å²) in [7, 11) is 0. The monoisotopic (exact) mass is 455 g/mol. The number of amides is 2. The molecule has 2 saturated heterocycles. The van der Waals surface area contributed by atoms with Gasteiger partial charge in [-0.05, 0) is 46.3 Å². The maximum atomic E-state index is 13.0. The summed E-state index contributed by atoms with van der Waals surface area (Å²) in [6.07, 6.45) is 5.92. The Bertz CT molecular complexity index is 1070. The molecule has 7 nitrogen and oxygen atoms in total. The Hall–Kier alpha value is -2.61. The molecule has 0 spiro atoms. The summed E-state index contributed by atoms with van der Waals surface area (Å²) in [4.78, 5) is 33.2. The van der Waals surface area contributed by atoms with Crippen LogP contribution in [0.4, 0.5) is 0 Å². The Morgan fingerprint density at radius 1 is 1.24 bits per heavy atom. The number of nitrogens with one attached hydrogen (secondary N) is 2. The third-order valence-corrected chi connectivity index (χ3v) is 6.82. The fourth-order valence-corrected chi connectivity index (χ4v) is 5.11. The van der Waals surface area contributed by atoms with Crippen LogP contribution in [0.25, 0.3) is 10.9 Å². The summed E-state index contributed by atoms with van der Waals surface area (Å²) >= 11 is 3.39. The average molecular weight is 456 g/mol. The number of hydrogen-bond acceptors (Lipinski definition) is 3. The molecule has 29 heavy (non-hydrogen) atoms. The number of H-pyrrole nitrogens is 2. The van der Waals surface area contributed by atoms with E-state index in [1.807, 2.05) is 40.3 Å². The molecule has 0 unspecified atom stereocenters. The lowest BCUT2D eigenvalue weighted by atomic mass is 9.92. The van der Waals surface area contributed by atoms with Crippen LogP contribution in [0.3, 0.4) is 0 Å². The number of rotatable bonds is 3. The van der Waals surface area contributed by atoms with Crippen molar-refractivity contribution in [2.24, 2.45) is 5.92 Å².